The predicted molar refractivity (Wildman–Crippen MR) is 215 cm³/mol. The van der Waals surface area contributed by atoms with Crippen molar-refractivity contribution in [3.05, 3.63) is 182 Å². The summed E-state index contributed by atoms with van der Waals surface area (Å²) >= 11 is 0. The normalized spacial score (nSPS) is 12.5. The molecule has 3 nitrogen and oxygen atoms in total. The highest BCUT2D eigenvalue weighted by molar-refractivity contribution is 6.84. The van der Waals surface area contributed by atoms with Crippen LogP contribution < -0.4 is 20.3 Å². The van der Waals surface area contributed by atoms with Gasteiger partial charge < -0.3 is 14.0 Å². The first-order valence-electron chi connectivity index (χ1n) is 17.8. The maximum absolute atomic E-state index is 6.89. The van der Waals surface area contributed by atoms with Crippen LogP contribution in [0.4, 0.5) is 0 Å². The molecule has 2 aliphatic rings. The van der Waals surface area contributed by atoms with Crippen molar-refractivity contribution in [3.8, 4) is 67.4 Å². The Kier molecular flexibility index (Phi) is 6.35. The lowest BCUT2D eigenvalue weighted by Crippen LogP contribution is -2.53. The van der Waals surface area contributed by atoms with Crippen LogP contribution in [-0.2, 0) is 0 Å². The largest absolute Gasteiger partial charge is 0.551 e. The van der Waals surface area contributed by atoms with Gasteiger partial charge in [-0.25, -0.2) is 0 Å². The molecule has 0 N–H and O–H groups in total. The quantitative estimate of drug-likeness (QED) is 0.175. The van der Waals surface area contributed by atoms with E-state index in [0.29, 0.717) is 0 Å². The zero-order valence-corrected chi connectivity index (χ0v) is 28.2. The predicted octanol–water partition coefficient (Wildman–Crippen LogP) is 11.1. The first-order valence-corrected chi connectivity index (χ1v) is 17.8. The smallest absolute Gasteiger partial charge is 0.434 e. The minimum Gasteiger partial charge on any atom is -0.551 e. The summed E-state index contributed by atoms with van der Waals surface area (Å²) in [5.41, 5.74) is 14.8. The molecular weight excluding hydrogens is 633 g/mol. The first kappa shape index (κ1) is 29.0. The third-order valence-electron chi connectivity index (χ3n) is 10.7. The Labute approximate surface area is 302 Å². The lowest BCUT2D eigenvalue weighted by Gasteiger charge is -2.33. The average molecular weight is 664 g/mol. The molecule has 0 spiro atoms. The fourth-order valence-corrected chi connectivity index (χ4v) is 8.32. The van der Waals surface area contributed by atoms with Gasteiger partial charge in [-0.2, -0.15) is 0 Å². The van der Waals surface area contributed by atoms with E-state index in [9.17, 15) is 0 Å². The molecule has 0 saturated carbocycles. The van der Waals surface area contributed by atoms with E-state index >= 15 is 0 Å². The fraction of sp³-hybridized carbons (Fsp3) is 0. The molecule has 52 heavy (non-hydrogen) atoms. The minimum atomic E-state index is -0.259. The van der Waals surface area contributed by atoms with Gasteiger partial charge in [0.1, 0.15) is 17.2 Å². The van der Waals surface area contributed by atoms with Crippen LogP contribution in [0.15, 0.2) is 182 Å². The van der Waals surface area contributed by atoms with Gasteiger partial charge in [0.25, 0.3) is 0 Å². The van der Waals surface area contributed by atoms with Crippen LogP contribution in [0.2, 0.25) is 0 Å². The van der Waals surface area contributed by atoms with Gasteiger partial charge >= 0.3 is 6.92 Å². The molecule has 0 amide bonds. The van der Waals surface area contributed by atoms with Crippen LogP contribution in [0.5, 0.6) is 17.2 Å². The zero-order valence-electron chi connectivity index (χ0n) is 28.2. The van der Waals surface area contributed by atoms with Crippen LogP contribution in [0.3, 0.4) is 0 Å². The molecule has 8 aromatic carbocycles. The van der Waals surface area contributed by atoms with E-state index in [1.54, 1.807) is 0 Å². The third-order valence-corrected chi connectivity index (χ3v) is 10.7. The summed E-state index contributed by atoms with van der Waals surface area (Å²) in [5.74, 6) is 2.55. The van der Waals surface area contributed by atoms with Gasteiger partial charge in [-0.1, -0.05) is 133 Å². The standard InChI is InChI=1S/C48H30BNO2/c1-2-12-31(13-3-1)36-16-4-5-17-37(36)34-24-26-42-47(30-34)51-46-23-11-20-40-41-29-33(25-27-45(41)52-49(42)48(40)46)32-14-10-15-35(28-32)50-43-21-8-6-18-38(43)39-19-7-9-22-44(39)50/h1-30H. The Morgan fingerprint density at radius 3 is 1.83 bits per heavy atom. The second-order valence-electron chi connectivity index (χ2n) is 13.6. The summed E-state index contributed by atoms with van der Waals surface area (Å²) in [6.45, 7) is -0.259. The van der Waals surface area contributed by atoms with Crippen molar-refractivity contribution in [2.24, 2.45) is 0 Å². The van der Waals surface area contributed by atoms with Crippen LogP contribution >= 0.6 is 0 Å². The average Bonchev–Trinajstić information content (AvgIpc) is 3.55. The molecule has 0 fully saturated rings. The summed E-state index contributed by atoms with van der Waals surface area (Å²) in [5, 5.41) is 2.52. The third kappa shape index (κ3) is 4.41. The van der Waals surface area contributed by atoms with E-state index in [4.69, 9.17) is 9.39 Å². The lowest BCUT2D eigenvalue weighted by molar-refractivity contribution is 0.479. The molecule has 0 saturated heterocycles. The Morgan fingerprint density at radius 2 is 1.02 bits per heavy atom. The Hall–Kier alpha value is -6.78. The van der Waals surface area contributed by atoms with Gasteiger partial charge in [0.2, 0.25) is 0 Å². The number of aromatic nitrogens is 1. The molecule has 11 rings (SSSR count). The topological polar surface area (TPSA) is 23.4 Å². The molecule has 2 aliphatic heterocycles. The molecule has 0 unspecified atom stereocenters. The van der Waals surface area contributed by atoms with Crippen molar-refractivity contribution in [1.82, 2.24) is 4.57 Å². The maximum atomic E-state index is 6.89. The number of nitrogens with zero attached hydrogens (tertiary/aromatic N) is 1. The molecule has 0 radical (unpaired) electrons. The van der Waals surface area contributed by atoms with Gasteiger partial charge in [-0.15, -0.1) is 0 Å². The van der Waals surface area contributed by atoms with Crippen molar-refractivity contribution in [2.75, 3.05) is 0 Å². The summed E-state index contributed by atoms with van der Waals surface area (Å²) in [7, 11) is 0. The van der Waals surface area contributed by atoms with E-state index < -0.39 is 0 Å². The molecule has 0 atom stereocenters. The van der Waals surface area contributed by atoms with Crippen molar-refractivity contribution < 1.29 is 9.39 Å². The molecule has 1 aromatic heterocycles. The van der Waals surface area contributed by atoms with E-state index in [-0.39, 0.29) is 6.92 Å². The Balaban J connectivity index is 0.978. The number of hydrogen-bond donors (Lipinski definition) is 0. The van der Waals surface area contributed by atoms with Gasteiger partial charge in [0, 0.05) is 32.9 Å². The summed E-state index contributed by atoms with van der Waals surface area (Å²) in [4.78, 5) is 0. The van der Waals surface area contributed by atoms with E-state index in [2.05, 4.69) is 187 Å². The van der Waals surface area contributed by atoms with Crippen LogP contribution in [-0.4, -0.2) is 11.5 Å². The summed E-state index contributed by atoms with van der Waals surface area (Å²) < 4.78 is 16.0. The van der Waals surface area contributed by atoms with Gasteiger partial charge in [-0.3, -0.25) is 0 Å². The number of benzene rings is 8. The molecular formula is C48H30BNO2. The van der Waals surface area contributed by atoms with Crippen molar-refractivity contribution in [2.45, 2.75) is 0 Å². The monoisotopic (exact) mass is 663 g/mol. The number of ether oxygens (including phenoxy) is 1. The minimum absolute atomic E-state index is 0.259. The second-order valence-corrected chi connectivity index (χ2v) is 13.6. The van der Waals surface area contributed by atoms with Crippen molar-refractivity contribution in [3.63, 3.8) is 0 Å². The molecule has 3 heterocycles. The van der Waals surface area contributed by atoms with Crippen LogP contribution in [0.1, 0.15) is 0 Å². The van der Waals surface area contributed by atoms with Crippen molar-refractivity contribution >= 4 is 39.6 Å². The lowest BCUT2D eigenvalue weighted by atomic mass is 9.50. The highest BCUT2D eigenvalue weighted by Crippen LogP contribution is 2.42. The number of rotatable bonds is 4. The second kappa shape index (κ2) is 11.4. The number of hydrogen-bond acceptors (Lipinski definition) is 2. The number of fused-ring (bicyclic) bond motifs is 7. The molecule has 0 bridgehead atoms. The van der Waals surface area contributed by atoms with E-state index in [1.165, 1.54) is 38.5 Å². The number of para-hydroxylation sites is 2. The van der Waals surface area contributed by atoms with E-state index in [1.807, 2.05) is 0 Å². The molecule has 242 valence electrons. The summed E-state index contributed by atoms with van der Waals surface area (Å²) in [6, 6.07) is 64.7. The maximum Gasteiger partial charge on any atom is 0.434 e. The summed E-state index contributed by atoms with van der Waals surface area (Å²) in [6.07, 6.45) is 0. The van der Waals surface area contributed by atoms with Gasteiger partial charge in [0.15, 0.2) is 0 Å². The first-order chi connectivity index (χ1) is 25.8. The SMILES string of the molecule is c1ccc(-c2ccccc2-c2ccc3c(c2)Oc2cccc4c2B3Oc2ccc(-c3cccc(-n5c6ccccc6c6ccccc65)c3)cc2-4)cc1. The van der Waals surface area contributed by atoms with Crippen molar-refractivity contribution in [1.29, 1.82) is 0 Å². The zero-order chi connectivity index (χ0) is 34.2. The Bertz CT molecular complexity index is 2820. The highest BCUT2D eigenvalue weighted by atomic mass is 16.5. The molecule has 4 heteroatoms. The van der Waals surface area contributed by atoms with Gasteiger partial charge in [-0.05, 0) is 87.5 Å². The van der Waals surface area contributed by atoms with E-state index in [0.717, 1.165) is 61.7 Å². The Morgan fingerprint density at radius 1 is 0.385 bits per heavy atom. The van der Waals surface area contributed by atoms with Gasteiger partial charge in [0.05, 0.1) is 11.0 Å². The molecule has 9 aromatic rings. The molecule has 0 aliphatic carbocycles. The van der Waals surface area contributed by atoms with Crippen LogP contribution in [0.25, 0.3) is 72.0 Å². The fourth-order valence-electron chi connectivity index (χ4n) is 8.32. The van der Waals surface area contributed by atoms with Crippen LogP contribution in [0, 0.1) is 0 Å². The highest BCUT2D eigenvalue weighted by Gasteiger charge is 2.40.